The van der Waals surface area contributed by atoms with E-state index in [9.17, 15) is 0 Å². The molecule has 3 rings (SSSR count). The standard InChI is InChI=1S/C24H36N4/c1-2-8-22(7-1)19-25-13-16-28(17-14-26-20-23-9-3-4-10-23)18-15-27-21-24-11-5-6-12-24/h1-5,7-12,22-23,25-27H,6,13-21H2. The molecule has 0 bridgehead atoms. The van der Waals surface area contributed by atoms with Crippen LogP contribution in [-0.4, -0.2) is 63.8 Å². The lowest BCUT2D eigenvalue weighted by Crippen LogP contribution is -2.41. The van der Waals surface area contributed by atoms with E-state index >= 15 is 0 Å². The minimum Gasteiger partial charge on any atom is -0.315 e. The molecule has 0 aromatic carbocycles. The number of hydrogen-bond acceptors (Lipinski definition) is 4. The number of nitrogens with zero attached hydrogens (tertiary/aromatic N) is 1. The summed E-state index contributed by atoms with van der Waals surface area (Å²) in [6.07, 6.45) is 25.5. The van der Waals surface area contributed by atoms with Crippen molar-refractivity contribution in [3.8, 4) is 0 Å². The fourth-order valence-electron chi connectivity index (χ4n) is 3.68. The molecule has 0 heterocycles. The summed E-state index contributed by atoms with van der Waals surface area (Å²) < 4.78 is 0. The molecule has 3 aliphatic rings. The highest BCUT2D eigenvalue weighted by molar-refractivity contribution is 5.27. The average molecular weight is 381 g/mol. The Morgan fingerprint density at radius 2 is 1.29 bits per heavy atom. The van der Waals surface area contributed by atoms with Gasteiger partial charge in [-0.3, -0.25) is 4.90 Å². The van der Waals surface area contributed by atoms with Crippen LogP contribution in [0.5, 0.6) is 0 Å². The maximum Gasteiger partial charge on any atom is 0.0202 e. The largest absolute Gasteiger partial charge is 0.315 e. The molecule has 3 aliphatic carbocycles. The molecule has 0 aliphatic heterocycles. The molecule has 28 heavy (non-hydrogen) atoms. The zero-order valence-electron chi connectivity index (χ0n) is 17.0. The summed E-state index contributed by atoms with van der Waals surface area (Å²) in [6, 6.07) is 0. The van der Waals surface area contributed by atoms with Gasteiger partial charge in [-0.25, -0.2) is 0 Å². The molecule has 0 radical (unpaired) electrons. The summed E-state index contributed by atoms with van der Waals surface area (Å²) >= 11 is 0. The van der Waals surface area contributed by atoms with Crippen molar-refractivity contribution in [1.29, 1.82) is 0 Å². The summed E-state index contributed by atoms with van der Waals surface area (Å²) in [4.78, 5) is 2.56. The van der Waals surface area contributed by atoms with Crippen molar-refractivity contribution in [2.75, 3.05) is 58.9 Å². The molecule has 0 amide bonds. The highest BCUT2D eigenvalue weighted by Gasteiger charge is 2.08. The van der Waals surface area contributed by atoms with Gasteiger partial charge in [0, 0.05) is 70.7 Å². The predicted molar refractivity (Wildman–Crippen MR) is 120 cm³/mol. The molecule has 0 unspecified atom stereocenters. The van der Waals surface area contributed by atoms with Gasteiger partial charge in [0.25, 0.3) is 0 Å². The number of nitrogens with one attached hydrogen (secondary N) is 3. The van der Waals surface area contributed by atoms with Crippen molar-refractivity contribution in [2.45, 2.75) is 6.42 Å². The van der Waals surface area contributed by atoms with Crippen molar-refractivity contribution in [3.05, 3.63) is 72.4 Å². The van der Waals surface area contributed by atoms with Gasteiger partial charge >= 0.3 is 0 Å². The summed E-state index contributed by atoms with van der Waals surface area (Å²) in [5, 5.41) is 10.8. The van der Waals surface area contributed by atoms with E-state index in [1.807, 2.05) is 0 Å². The highest BCUT2D eigenvalue weighted by Crippen LogP contribution is 2.08. The number of allylic oxidation sites excluding steroid dienone is 6. The van der Waals surface area contributed by atoms with Gasteiger partial charge in [-0.2, -0.15) is 0 Å². The van der Waals surface area contributed by atoms with Gasteiger partial charge in [0.1, 0.15) is 0 Å². The molecule has 0 spiro atoms. The molecule has 3 N–H and O–H groups in total. The first-order valence-corrected chi connectivity index (χ1v) is 10.8. The fourth-order valence-corrected chi connectivity index (χ4v) is 3.68. The third-order valence-electron chi connectivity index (χ3n) is 5.41. The van der Waals surface area contributed by atoms with E-state index in [-0.39, 0.29) is 0 Å². The summed E-state index contributed by atoms with van der Waals surface area (Å²) in [5.74, 6) is 1.13. The van der Waals surface area contributed by atoms with Crippen LogP contribution >= 0.6 is 0 Å². The number of rotatable bonds is 15. The molecule has 152 valence electrons. The first-order chi connectivity index (χ1) is 13.9. The second-order valence-electron chi connectivity index (χ2n) is 7.71. The second-order valence-corrected chi connectivity index (χ2v) is 7.71. The molecular weight excluding hydrogens is 344 g/mol. The molecule has 4 nitrogen and oxygen atoms in total. The lowest BCUT2D eigenvalue weighted by Gasteiger charge is -2.23. The molecular formula is C24H36N4. The summed E-state index contributed by atoms with van der Waals surface area (Å²) in [5.41, 5.74) is 1.42. The van der Waals surface area contributed by atoms with E-state index in [1.54, 1.807) is 0 Å². The topological polar surface area (TPSA) is 39.3 Å². The van der Waals surface area contributed by atoms with E-state index in [4.69, 9.17) is 0 Å². The van der Waals surface area contributed by atoms with Crippen molar-refractivity contribution in [1.82, 2.24) is 20.9 Å². The van der Waals surface area contributed by atoms with Crippen LogP contribution < -0.4 is 16.0 Å². The molecule has 0 atom stereocenters. The van der Waals surface area contributed by atoms with Crippen LogP contribution in [0.3, 0.4) is 0 Å². The van der Waals surface area contributed by atoms with Crippen LogP contribution in [-0.2, 0) is 0 Å². The van der Waals surface area contributed by atoms with Crippen LogP contribution in [0.25, 0.3) is 0 Å². The average Bonchev–Trinajstić information content (AvgIpc) is 3.48. The molecule has 0 aromatic heterocycles. The molecule has 0 aromatic rings. The van der Waals surface area contributed by atoms with Gasteiger partial charge in [-0.15, -0.1) is 0 Å². The molecule has 0 saturated carbocycles. The van der Waals surface area contributed by atoms with Gasteiger partial charge in [-0.1, -0.05) is 66.8 Å². The van der Waals surface area contributed by atoms with Crippen molar-refractivity contribution >= 4 is 0 Å². The Morgan fingerprint density at radius 3 is 1.79 bits per heavy atom. The smallest absolute Gasteiger partial charge is 0.0202 e. The minimum absolute atomic E-state index is 0.567. The Kier molecular flexibility index (Phi) is 9.51. The van der Waals surface area contributed by atoms with E-state index in [0.29, 0.717) is 11.8 Å². The lowest BCUT2D eigenvalue weighted by molar-refractivity contribution is 0.272. The maximum atomic E-state index is 3.61. The zero-order valence-corrected chi connectivity index (χ0v) is 17.0. The van der Waals surface area contributed by atoms with E-state index in [1.165, 1.54) is 5.57 Å². The van der Waals surface area contributed by atoms with Crippen LogP contribution in [0.15, 0.2) is 72.4 Å². The summed E-state index contributed by atoms with van der Waals surface area (Å²) in [6.45, 7) is 9.46. The van der Waals surface area contributed by atoms with Gasteiger partial charge in [0.15, 0.2) is 0 Å². The van der Waals surface area contributed by atoms with Gasteiger partial charge < -0.3 is 16.0 Å². The van der Waals surface area contributed by atoms with Crippen LogP contribution in [0.4, 0.5) is 0 Å². The first kappa shape index (κ1) is 21.0. The highest BCUT2D eigenvalue weighted by atomic mass is 15.2. The number of hydrogen-bond donors (Lipinski definition) is 3. The molecule has 0 saturated heterocycles. The Bertz CT molecular complexity index is 567. The third-order valence-corrected chi connectivity index (χ3v) is 5.41. The van der Waals surface area contributed by atoms with Gasteiger partial charge in [0.2, 0.25) is 0 Å². The first-order valence-electron chi connectivity index (χ1n) is 10.8. The summed E-state index contributed by atoms with van der Waals surface area (Å²) in [7, 11) is 0. The third kappa shape index (κ3) is 8.11. The Hall–Kier alpha value is -1.72. The zero-order chi connectivity index (χ0) is 19.3. The van der Waals surface area contributed by atoms with Crippen LogP contribution in [0.2, 0.25) is 0 Å². The predicted octanol–water partition coefficient (Wildman–Crippen LogP) is 2.43. The van der Waals surface area contributed by atoms with E-state index in [2.05, 4.69) is 87.7 Å². The van der Waals surface area contributed by atoms with E-state index in [0.717, 1.165) is 65.3 Å². The minimum atomic E-state index is 0.567. The van der Waals surface area contributed by atoms with Crippen molar-refractivity contribution in [3.63, 3.8) is 0 Å². The van der Waals surface area contributed by atoms with Gasteiger partial charge in [-0.05, 0) is 12.0 Å². The quantitative estimate of drug-likeness (QED) is 0.382. The van der Waals surface area contributed by atoms with Crippen molar-refractivity contribution in [2.24, 2.45) is 11.8 Å². The van der Waals surface area contributed by atoms with Crippen molar-refractivity contribution < 1.29 is 0 Å². The van der Waals surface area contributed by atoms with E-state index < -0.39 is 0 Å². The lowest BCUT2D eigenvalue weighted by atomic mass is 10.2. The van der Waals surface area contributed by atoms with Gasteiger partial charge in [0.05, 0.1) is 0 Å². The molecule has 4 heteroatoms. The normalized spacial score (nSPS) is 18.4. The SMILES string of the molecule is C1=CC(CNCCN(CCNCC2=CCC=C2)CCNCC2C=CC=C2)C=C1. The fraction of sp³-hybridized carbons (Fsp3) is 0.500. The Labute approximate surface area is 170 Å². The van der Waals surface area contributed by atoms with Crippen LogP contribution in [0.1, 0.15) is 6.42 Å². The monoisotopic (exact) mass is 380 g/mol. The van der Waals surface area contributed by atoms with Crippen LogP contribution in [0, 0.1) is 11.8 Å². The maximum absolute atomic E-state index is 3.61. The molecule has 0 fully saturated rings. The Morgan fingerprint density at radius 1 is 0.750 bits per heavy atom. The Balaban J connectivity index is 1.29. The second kappa shape index (κ2) is 12.7.